The fourth-order valence-electron chi connectivity index (χ4n) is 6.28. The second-order valence-electron chi connectivity index (χ2n) is 10.9. The maximum absolute atomic E-state index is 13.9. The molecule has 1 N–H and O–H groups in total. The minimum absolute atomic E-state index is 0.0967. The zero-order valence-corrected chi connectivity index (χ0v) is 23.2. The van der Waals surface area contributed by atoms with Crippen LogP contribution in [0.4, 0.5) is 20.3 Å². The van der Waals surface area contributed by atoms with Crippen molar-refractivity contribution in [3.8, 4) is 5.88 Å². The van der Waals surface area contributed by atoms with Crippen LogP contribution in [0.15, 0.2) is 48.9 Å². The van der Waals surface area contributed by atoms with Crippen LogP contribution in [0.2, 0.25) is 5.02 Å². The summed E-state index contributed by atoms with van der Waals surface area (Å²) in [4.78, 5) is 42.8. The number of fused-ring (bicyclic) bond motifs is 2. The fourth-order valence-corrected chi connectivity index (χ4v) is 6.44. The lowest BCUT2D eigenvalue weighted by Crippen LogP contribution is -2.64. The molecule has 9 nitrogen and oxygen atoms in total. The van der Waals surface area contributed by atoms with E-state index in [0.717, 1.165) is 36.1 Å². The van der Waals surface area contributed by atoms with Gasteiger partial charge in [-0.05, 0) is 49.3 Å². The number of halogens is 3. The molecule has 0 unspecified atom stereocenters. The maximum Gasteiger partial charge on any atom is 0.281 e. The van der Waals surface area contributed by atoms with Gasteiger partial charge < -0.3 is 19.9 Å². The van der Waals surface area contributed by atoms with Gasteiger partial charge in [0.2, 0.25) is 11.8 Å². The molecule has 12 heteroatoms. The SMILES string of the molecule is COc1cc(N2CC3(C2)C(=O)N(CC2CCC(NC(=O)c4cc(Cl)cnc4C(F)F)CC2)c2ccccc23)ncn1. The van der Waals surface area contributed by atoms with Crippen LogP contribution in [0, 0.1) is 5.92 Å². The molecular weight excluding hydrogens is 554 g/mol. The van der Waals surface area contributed by atoms with Crippen molar-refractivity contribution in [2.45, 2.75) is 43.6 Å². The number of para-hydroxylation sites is 1. The summed E-state index contributed by atoms with van der Waals surface area (Å²) in [5, 5.41) is 3.01. The van der Waals surface area contributed by atoms with Gasteiger partial charge in [-0.15, -0.1) is 0 Å². The highest BCUT2D eigenvalue weighted by atomic mass is 35.5. The molecule has 2 fully saturated rings. The molecule has 2 aromatic heterocycles. The smallest absolute Gasteiger partial charge is 0.281 e. The highest BCUT2D eigenvalue weighted by Crippen LogP contribution is 2.49. The minimum atomic E-state index is -2.88. The third-order valence-corrected chi connectivity index (χ3v) is 8.61. The summed E-state index contributed by atoms with van der Waals surface area (Å²) in [5.41, 5.74) is 0.588. The van der Waals surface area contributed by atoms with E-state index in [9.17, 15) is 18.4 Å². The number of carbonyl (C=O) groups is 2. The monoisotopic (exact) mass is 582 g/mol. The molecular formula is C29H29ClF2N6O3. The number of aromatic nitrogens is 3. The summed E-state index contributed by atoms with van der Waals surface area (Å²) in [5.74, 6) is 0.948. The Morgan fingerprint density at radius 3 is 2.63 bits per heavy atom. The van der Waals surface area contributed by atoms with E-state index >= 15 is 0 Å². The van der Waals surface area contributed by atoms with Gasteiger partial charge in [-0.1, -0.05) is 29.8 Å². The number of hydrogen-bond donors (Lipinski definition) is 1. The molecule has 3 aliphatic rings. The molecule has 2 aliphatic heterocycles. The third kappa shape index (κ3) is 4.96. The molecule has 4 heterocycles. The van der Waals surface area contributed by atoms with E-state index in [2.05, 4.69) is 25.2 Å². The van der Waals surface area contributed by atoms with Crippen LogP contribution >= 0.6 is 11.6 Å². The van der Waals surface area contributed by atoms with Crippen molar-refractivity contribution in [2.24, 2.45) is 5.92 Å². The van der Waals surface area contributed by atoms with Crippen LogP contribution < -0.4 is 19.9 Å². The van der Waals surface area contributed by atoms with E-state index in [1.165, 1.54) is 12.4 Å². The molecule has 1 spiro atoms. The number of anilines is 2. The van der Waals surface area contributed by atoms with Crippen LogP contribution in [0.3, 0.4) is 0 Å². The van der Waals surface area contributed by atoms with Crippen molar-refractivity contribution in [1.82, 2.24) is 20.3 Å². The van der Waals surface area contributed by atoms with E-state index in [4.69, 9.17) is 16.3 Å². The Hall–Kier alpha value is -3.86. The molecule has 1 saturated heterocycles. The number of benzene rings is 1. The van der Waals surface area contributed by atoms with Crippen LogP contribution in [0.25, 0.3) is 0 Å². The summed E-state index contributed by atoms with van der Waals surface area (Å²) >= 11 is 5.91. The van der Waals surface area contributed by atoms with Crippen molar-refractivity contribution in [3.05, 3.63) is 70.8 Å². The number of amides is 2. The van der Waals surface area contributed by atoms with Crippen molar-refractivity contribution in [3.63, 3.8) is 0 Å². The van der Waals surface area contributed by atoms with Crippen LogP contribution in [-0.2, 0) is 10.2 Å². The van der Waals surface area contributed by atoms with E-state index in [1.54, 1.807) is 13.2 Å². The normalized spacial score (nSPS) is 21.1. The largest absolute Gasteiger partial charge is 0.481 e. The molecule has 214 valence electrons. The van der Waals surface area contributed by atoms with Crippen LogP contribution in [0.1, 0.15) is 53.7 Å². The van der Waals surface area contributed by atoms with Gasteiger partial charge in [-0.2, -0.15) is 0 Å². The van der Waals surface area contributed by atoms with Gasteiger partial charge in [0.1, 0.15) is 23.3 Å². The Kier molecular flexibility index (Phi) is 7.23. The number of nitrogens with zero attached hydrogens (tertiary/aromatic N) is 5. The fraction of sp³-hybridized carbons (Fsp3) is 0.414. The maximum atomic E-state index is 13.9. The van der Waals surface area contributed by atoms with E-state index < -0.39 is 23.4 Å². The standard InChI is InChI=1S/C29H29ClF2N6O3/c1-41-24-11-23(34-16-35-24)37-14-29(15-37)21-4-2-3-5-22(21)38(28(29)40)13-17-6-8-19(9-7-17)36-27(39)20-10-18(30)12-33-25(20)26(31)32/h2-5,10-12,16-17,19,26H,6-9,13-15H2,1H3,(H,36,39). The van der Waals surface area contributed by atoms with Gasteiger partial charge in [0, 0.05) is 43.6 Å². The first-order chi connectivity index (χ1) is 19.8. The first-order valence-corrected chi connectivity index (χ1v) is 13.9. The topological polar surface area (TPSA) is 101 Å². The van der Waals surface area contributed by atoms with Gasteiger partial charge >= 0.3 is 0 Å². The summed E-state index contributed by atoms with van der Waals surface area (Å²) in [6.07, 6.45) is 2.66. The number of hydrogen-bond acceptors (Lipinski definition) is 7. The lowest BCUT2D eigenvalue weighted by atomic mass is 9.74. The molecule has 3 aromatic rings. The molecule has 6 rings (SSSR count). The average molecular weight is 583 g/mol. The Morgan fingerprint density at radius 1 is 1.15 bits per heavy atom. The molecule has 0 bridgehead atoms. The van der Waals surface area contributed by atoms with E-state index in [1.807, 2.05) is 29.2 Å². The molecule has 1 aliphatic carbocycles. The number of rotatable bonds is 7. The molecule has 0 atom stereocenters. The summed E-state index contributed by atoms with van der Waals surface area (Å²) in [6, 6.07) is 10.8. The van der Waals surface area contributed by atoms with Gasteiger partial charge in [0.05, 0.1) is 17.7 Å². The second kappa shape index (κ2) is 10.8. The molecule has 2 amide bonds. The first-order valence-electron chi connectivity index (χ1n) is 13.6. The summed E-state index contributed by atoms with van der Waals surface area (Å²) < 4.78 is 32.0. The number of methoxy groups -OCH3 is 1. The second-order valence-corrected chi connectivity index (χ2v) is 11.3. The lowest BCUT2D eigenvalue weighted by Gasteiger charge is -2.47. The van der Waals surface area contributed by atoms with Gasteiger partial charge in [0.25, 0.3) is 12.3 Å². The lowest BCUT2D eigenvalue weighted by molar-refractivity contribution is -0.124. The first kappa shape index (κ1) is 27.3. The summed E-state index contributed by atoms with van der Waals surface area (Å²) in [6.45, 7) is 1.64. The molecule has 41 heavy (non-hydrogen) atoms. The van der Waals surface area contributed by atoms with Crippen LogP contribution in [-0.4, -0.2) is 59.6 Å². The predicted octanol–water partition coefficient (Wildman–Crippen LogP) is 4.56. The van der Waals surface area contributed by atoms with Crippen molar-refractivity contribution in [1.29, 1.82) is 0 Å². The van der Waals surface area contributed by atoms with E-state index in [0.29, 0.717) is 38.4 Å². The number of ether oxygens (including phenoxy) is 1. The zero-order valence-electron chi connectivity index (χ0n) is 22.4. The molecule has 1 aromatic carbocycles. The minimum Gasteiger partial charge on any atom is -0.481 e. The van der Waals surface area contributed by atoms with E-state index in [-0.39, 0.29) is 28.5 Å². The number of carbonyl (C=O) groups excluding carboxylic acids is 2. The Balaban J connectivity index is 1.10. The van der Waals surface area contributed by atoms with Crippen molar-refractivity contribution < 1.29 is 23.1 Å². The Bertz CT molecular complexity index is 1480. The molecule has 1 saturated carbocycles. The highest BCUT2D eigenvalue weighted by Gasteiger charge is 2.58. The van der Waals surface area contributed by atoms with Gasteiger partial charge in [-0.25, -0.2) is 18.7 Å². The number of alkyl halides is 2. The van der Waals surface area contributed by atoms with Gasteiger partial charge in [-0.3, -0.25) is 14.6 Å². The third-order valence-electron chi connectivity index (χ3n) is 8.41. The highest BCUT2D eigenvalue weighted by molar-refractivity contribution is 6.30. The number of pyridine rings is 1. The van der Waals surface area contributed by atoms with Gasteiger partial charge in [0.15, 0.2) is 0 Å². The van der Waals surface area contributed by atoms with Crippen molar-refractivity contribution in [2.75, 3.05) is 36.5 Å². The number of nitrogens with one attached hydrogen (secondary N) is 1. The molecule has 0 radical (unpaired) electrons. The quantitative estimate of drug-likeness (QED) is 0.436. The van der Waals surface area contributed by atoms with Crippen LogP contribution in [0.5, 0.6) is 5.88 Å². The average Bonchev–Trinajstić information content (AvgIpc) is 3.20. The predicted molar refractivity (Wildman–Crippen MR) is 149 cm³/mol. The Morgan fingerprint density at radius 2 is 1.90 bits per heavy atom. The Labute approximate surface area is 240 Å². The zero-order chi connectivity index (χ0) is 28.7. The van der Waals surface area contributed by atoms with Crippen molar-refractivity contribution >= 4 is 34.9 Å². The summed E-state index contributed by atoms with van der Waals surface area (Å²) in [7, 11) is 1.56.